The van der Waals surface area contributed by atoms with Crippen molar-refractivity contribution in [2.75, 3.05) is 18.5 Å². The van der Waals surface area contributed by atoms with Gasteiger partial charge in [-0.25, -0.2) is 4.98 Å². The first-order valence-electron chi connectivity index (χ1n) is 5.91. The van der Waals surface area contributed by atoms with Gasteiger partial charge in [0.1, 0.15) is 6.61 Å². The van der Waals surface area contributed by atoms with E-state index in [0.29, 0.717) is 6.54 Å². The Morgan fingerprint density at radius 3 is 2.68 bits per heavy atom. The molecule has 1 heterocycles. The van der Waals surface area contributed by atoms with Gasteiger partial charge in [0.25, 0.3) is 0 Å². The summed E-state index contributed by atoms with van der Waals surface area (Å²) in [6, 6.07) is 0.792. The predicted molar refractivity (Wildman–Crippen MR) is 66.1 cm³/mol. The van der Waals surface area contributed by atoms with Crippen molar-refractivity contribution in [3.05, 3.63) is 23.9 Å². The molecule has 0 aromatic carbocycles. The molecule has 19 heavy (non-hydrogen) atoms. The average Bonchev–Trinajstić information content (AvgIpc) is 2.35. The third-order valence-electron chi connectivity index (χ3n) is 2.09. The van der Waals surface area contributed by atoms with E-state index in [4.69, 9.17) is 4.74 Å². The van der Waals surface area contributed by atoms with E-state index in [-0.39, 0.29) is 18.4 Å². The van der Waals surface area contributed by atoms with Crippen LogP contribution in [-0.2, 0) is 6.18 Å². The molecular formula is C12H16F3N3O. The number of aromatic nitrogens is 2. The fourth-order valence-electron chi connectivity index (χ4n) is 1.19. The molecule has 1 aromatic rings. The number of allylic oxidation sites excluding steroid dienone is 1. The molecule has 106 valence electrons. The van der Waals surface area contributed by atoms with E-state index in [1.165, 1.54) is 0 Å². The minimum atomic E-state index is -4.52. The van der Waals surface area contributed by atoms with Crippen molar-refractivity contribution in [2.45, 2.75) is 26.4 Å². The highest BCUT2D eigenvalue weighted by Gasteiger charge is 2.34. The van der Waals surface area contributed by atoms with Crippen LogP contribution in [0.25, 0.3) is 0 Å². The molecule has 0 unspecified atom stereocenters. The molecule has 0 radical (unpaired) electrons. The Morgan fingerprint density at radius 2 is 2.11 bits per heavy atom. The van der Waals surface area contributed by atoms with Crippen LogP contribution in [0.5, 0.6) is 5.88 Å². The number of rotatable bonds is 6. The molecule has 0 aliphatic heterocycles. The maximum absolute atomic E-state index is 12.7. The van der Waals surface area contributed by atoms with Crippen LogP contribution in [0.15, 0.2) is 18.2 Å². The minimum Gasteiger partial charge on any atom is -0.473 e. The Labute approximate surface area is 109 Å². The Hall–Kier alpha value is -1.79. The average molecular weight is 275 g/mol. The fourth-order valence-corrected chi connectivity index (χ4v) is 1.19. The van der Waals surface area contributed by atoms with Gasteiger partial charge in [-0.15, -0.1) is 0 Å². The van der Waals surface area contributed by atoms with Crippen LogP contribution in [0.4, 0.5) is 19.1 Å². The molecule has 0 saturated carbocycles. The van der Waals surface area contributed by atoms with Gasteiger partial charge in [0.05, 0.1) is 0 Å². The van der Waals surface area contributed by atoms with Crippen molar-refractivity contribution >= 4 is 5.95 Å². The largest absolute Gasteiger partial charge is 0.473 e. The number of hydrogen-bond donors (Lipinski definition) is 1. The smallest absolute Gasteiger partial charge is 0.433 e. The Bertz CT molecular complexity index is 433. The quantitative estimate of drug-likeness (QED) is 0.809. The van der Waals surface area contributed by atoms with Crippen molar-refractivity contribution in [1.29, 1.82) is 0 Å². The van der Waals surface area contributed by atoms with E-state index in [0.717, 1.165) is 12.5 Å². The van der Waals surface area contributed by atoms with Gasteiger partial charge >= 0.3 is 6.18 Å². The van der Waals surface area contributed by atoms with Crippen molar-refractivity contribution in [3.63, 3.8) is 0 Å². The van der Waals surface area contributed by atoms with E-state index >= 15 is 0 Å². The van der Waals surface area contributed by atoms with E-state index in [1.54, 1.807) is 19.1 Å². The van der Waals surface area contributed by atoms with E-state index in [1.807, 2.05) is 6.92 Å². The van der Waals surface area contributed by atoms with Crippen LogP contribution in [-0.4, -0.2) is 23.1 Å². The number of anilines is 1. The highest BCUT2D eigenvalue weighted by molar-refractivity contribution is 5.32. The Kier molecular flexibility index (Phi) is 5.59. The Morgan fingerprint density at radius 1 is 1.37 bits per heavy atom. The summed E-state index contributed by atoms with van der Waals surface area (Å²) in [5, 5.41) is 2.72. The SMILES string of the molecule is C/C=C/COc1cc(C(F)(F)F)nc(NCCC)n1. The molecule has 1 aromatic heterocycles. The number of halogens is 3. The summed E-state index contributed by atoms with van der Waals surface area (Å²) in [5.74, 6) is -0.175. The molecule has 4 nitrogen and oxygen atoms in total. The molecule has 0 atom stereocenters. The standard InChI is InChI=1S/C12H16F3N3O/c1-3-5-7-19-10-8-9(12(13,14)15)17-11(18-10)16-6-4-2/h3,5,8H,4,6-7H2,1-2H3,(H,16,17,18)/b5-3+. The zero-order valence-corrected chi connectivity index (χ0v) is 10.8. The molecule has 1 rings (SSSR count). The van der Waals surface area contributed by atoms with Crippen LogP contribution >= 0.6 is 0 Å². The topological polar surface area (TPSA) is 47.0 Å². The zero-order chi connectivity index (χ0) is 14.3. The van der Waals surface area contributed by atoms with Crippen LogP contribution in [0, 0.1) is 0 Å². The highest BCUT2D eigenvalue weighted by atomic mass is 19.4. The van der Waals surface area contributed by atoms with Crippen molar-refractivity contribution in [2.24, 2.45) is 0 Å². The molecule has 1 N–H and O–H groups in total. The second-order valence-corrected chi connectivity index (χ2v) is 3.72. The van der Waals surface area contributed by atoms with Gasteiger partial charge < -0.3 is 10.1 Å². The lowest BCUT2D eigenvalue weighted by Crippen LogP contribution is -2.13. The van der Waals surface area contributed by atoms with Gasteiger partial charge in [-0.2, -0.15) is 18.2 Å². The molecule has 0 amide bonds. The van der Waals surface area contributed by atoms with Gasteiger partial charge in [-0.3, -0.25) is 0 Å². The van der Waals surface area contributed by atoms with Crippen molar-refractivity contribution < 1.29 is 17.9 Å². The first-order chi connectivity index (χ1) is 8.97. The molecule has 7 heteroatoms. The number of nitrogens with zero attached hydrogens (tertiary/aromatic N) is 2. The third kappa shape index (κ3) is 5.15. The summed E-state index contributed by atoms with van der Waals surface area (Å²) in [4.78, 5) is 7.30. The molecule has 0 bridgehead atoms. The Balaban J connectivity index is 2.95. The van der Waals surface area contributed by atoms with Crippen LogP contribution in [0.1, 0.15) is 26.0 Å². The molecule has 0 fully saturated rings. The predicted octanol–water partition coefficient (Wildman–Crippen LogP) is 3.27. The van der Waals surface area contributed by atoms with E-state index in [2.05, 4.69) is 15.3 Å². The van der Waals surface area contributed by atoms with E-state index in [9.17, 15) is 13.2 Å². The van der Waals surface area contributed by atoms with Gasteiger partial charge in [-0.1, -0.05) is 19.1 Å². The van der Waals surface area contributed by atoms with Crippen LogP contribution in [0.2, 0.25) is 0 Å². The summed E-state index contributed by atoms with van der Waals surface area (Å²) in [6.07, 6.45) is -0.352. The minimum absolute atomic E-state index is 0.0767. The van der Waals surface area contributed by atoms with Crippen LogP contribution in [0.3, 0.4) is 0 Å². The lowest BCUT2D eigenvalue weighted by atomic mass is 10.4. The van der Waals surface area contributed by atoms with Gasteiger partial charge in [-0.05, 0) is 13.3 Å². The first-order valence-corrected chi connectivity index (χ1v) is 5.91. The highest BCUT2D eigenvalue weighted by Crippen LogP contribution is 2.30. The molecular weight excluding hydrogens is 259 g/mol. The second-order valence-electron chi connectivity index (χ2n) is 3.72. The van der Waals surface area contributed by atoms with Crippen molar-refractivity contribution in [1.82, 2.24) is 9.97 Å². The van der Waals surface area contributed by atoms with Gasteiger partial charge in [0.2, 0.25) is 11.8 Å². The molecule has 0 saturated heterocycles. The normalized spacial score (nSPS) is 11.8. The van der Waals surface area contributed by atoms with Gasteiger partial charge in [0, 0.05) is 12.6 Å². The second kappa shape index (κ2) is 6.96. The number of nitrogens with one attached hydrogen (secondary N) is 1. The number of hydrogen-bond acceptors (Lipinski definition) is 4. The molecule has 0 spiro atoms. The third-order valence-corrected chi connectivity index (χ3v) is 2.09. The van der Waals surface area contributed by atoms with Crippen molar-refractivity contribution in [3.8, 4) is 5.88 Å². The summed E-state index contributed by atoms with van der Waals surface area (Å²) in [6.45, 7) is 4.34. The summed E-state index contributed by atoms with van der Waals surface area (Å²) >= 11 is 0. The lowest BCUT2D eigenvalue weighted by Gasteiger charge is -2.11. The zero-order valence-electron chi connectivity index (χ0n) is 10.8. The molecule has 0 aliphatic carbocycles. The first kappa shape index (κ1) is 15.3. The number of ether oxygens (including phenoxy) is 1. The fraction of sp³-hybridized carbons (Fsp3) is 0.500. The lowest BCUT2D eigenvalue weighted by molar-refractivity contribution is -0.141. The maximum Gasteiger partial charge on any atom is 0.433 e. The monoisotopic (exact) mass is 275 g/mol. The van der Waals surface area contributed by atoms with Gasteiger partial charge in [0.15, 0.2) is 5.69 Å². The summed E-state index contributed by atoms with van der Waals surface area (Å²) in [7, 11) is 0. The summed E-state index contributed by atoms with van der Waals surface area (Å²) < 4.78 is 43.1. The maximum atomic E-state index is 12.7. The number of alkyl halides is 3. The van der Waals surface area contributed by atoms with E-state index < -0.39 is 11.9 Å². The molecule has 0 aliphatic rings. The summed E-state index contributed by atoms with van der Waals surface area (Å²) in [5.41, 5.74) is -1.02. The van der Waals surface area contributed by atoms with Crippen LogP contribution < -0.4 is 10.1 Å².